The molecule has 2 aliphatic rings. The second-order valence-electron chi connectivity index (χ2n) is 5.21. The topological polar surface area (TPSA) is 50.8 Å². The van der Waals surface area contributed by atoms with E-state index in [1.165, 1.54) is 4.90 Å². The van der Waals surface area contributed by atoms with Crippen LogP contribution < -0.4 is 5.32 Å². The summed E-state index contributed by atoms with van der Waals surface area (Å²) in [4.78, 5) is 13.6. The number of ether oxygens (including phenoxy) is 2. The molecule has 2 rings (SSSR count). The number of rotatable bonds is 5. The second kappa shape index (κ2) is 7.85. The maximum Gasteiger partial charge on any atom is 0.251 e. The van der Waals surface area contributed by atoms with Gasteiger partial charge in [-0.1, -0.05) is 0 Å². The number of alkyl halides is 2. The molecule has 0 saturated carbocycles. The van der Waals surface area contributed by atoms with E-state index in [1.807, 2.05) is 0 Å². The van der Waals surface area contributed by atoms with Crippen LogP contribution in [-0.2, 0) is 14.3 Å². The highest BCUT2D eigenvalue weighted by molar-refractivity contribution is 5.82. The normalized spacial score (nSPS) is 28.6. The van der Waals surface area contributed by atoms with Crippen molar-refractivity contribution in [2.45, 2.75) is 37.8 Å². The first kappa shape index (κ1) is 15.6. The zero-order chi connectivity index (χ0) is 14.4. The third-order valence-electron chi connectivity index (χ3n) is 3.69. The number of morpholine rings is 1. The van der Waals surface area contributed by atoms with E-state index in [1.54, 1.807) is 0 Å². The Morgan fingerprint density at radius 3 is 2.90 bits per heavy atom. The average Bonchev–Trinajstić information content (AvgIpc) is 2.46. The van der Waals surface area contributed by atoms with Gasteiger partial charge in [0.15, 0.2) is 0 Å². The monoisotopic (exact) mass is 292 g/mol. The molecule has 0 bridgehead atoms. The Labute approximate surface area is 117 Å². The lowest BCUT2D eigenvalue weighted by molar-refractivity contribution is -0.134. The molecular weight excluding hydrogens is 270 g/mol. The van der Waals surface area contributed by atoms with Gasteiger partial charge in [-0.25, -0.2) is 8.78 Å². The van der Waals surface area contributed by atoms with Gasteiger partial charge in [0.1, 0.15) is 6.04 Å². The molecule has 0 aromatic rings. The van der Waals surface area contributed by atoms with E-state index >= 15 is 0 Å². The molecule has 0 spiro atoms. The van der Waals surface area contributed by atoms with Crippen LogP contribution in [0.15, 0.2) is 0 Å². The molecule has 2 aliphatic heterocycles. The maximum atomic E-state index is 12.5. The molecular formula is C13H22F2N2O3. The van der Waals surface area contributed by atoms with Gasteiger partial charge in [-0.05, 0) is 19.3 Å². The van der Waals surface area contributed by atoms with Crippen LogP contribution in [0.1, 0.15) is 19.3 Å². The molecule has 0 unspecified atom stereocenters. The summed E-state index contributed by atoms with van der Waals surface area (Å²) in [6.07, 6.45) is 0.696. The van der Waals surface area contributed by atoms with Gasteiger partial charge in [-0.3, -0.25) is 9.69 Å². The molecule has 5 nitrogen and oxygen atoms in total. The van der Waals surface area contributed by atoms with Crippen molar-refractivity contribution >= 4 is 5.91 Å². The van der Waals surface area contributed by atoms with Crippen molar-refractivity contribution in [2.75, 3.05) is 39.5 Å². The van der Waals surface area contributed by atoms with Gasteiger partial charge in [0.25, 0.3) is 6.43 Å². The van der Waals surface area contributed by atoms with Crippen LogP contribution in [0, 0.1) is 0 Å². The Morgan fingerprint density at radius 2 is 2.20 bits per heavy atom. The zero-order valence-electron chi connectivity index (χ0n) is 11.5. The Morgan fingerprint density at radius 1 is 1.35 bits per heavy atom. The SMILES string of the molecule is O=C(NC[C@@H]1CCCCO1)[C@@H]1COCCN1CC(F)F. The van der Waals surface area contributed by atoms with E-state index < -0.39 is 12.5 Å². The van der Waals surface area contributed by atoms with Gasteiger partial charge in [0, 0.05) is 19.7 Å². The van der Waals surface area contributed by atoms with Crippen LogP contribution in [0.4, 0.5) is 8.78 Å². The third-order valence-corrected chi connectivity index (χ3v) is 3.69. The lowest BCUT2D eigenvalue weighted by atomic mass is 10.1. The first-order chi connectivity index (χ1) is 9.66. The molecule has 0 aliphatic carbocycles. The Hall–Kier alpha value is -0.790. The van der Waals surface area contributed by atoms with Crippen molar-refractivity contribution in [1.29, 1.82) is 0 Å². The summed E-state index contributed by atoms with van der Waals surface area (Å²) < 4.78 is 35.8. The van der Waals surface area contributed by atoms with E-state index in [0.717, 1.165) is 25.9 Å². The summed E-state index contributed by atoms with van der Waals surface area (Å²) in [6.45, 7) is 1.71. The van der Waals surface area contributed by atoms with Gasteiger partial charge < -0.3 is 14.8 Å². The Balaban J connectivity index is 1.79. The Kier molecular flexibility index (Phi) is 6.12. The summed E-state index contributed by atoms with van der Waals surface area (Å²) in [5.74, 6) is -0.250. The largest absolute Gasteiger partial charge is 0.378 e. The van der Waals surface area contributed by atoms with Crippen LogP contribution >= 0.6 is 0 Å². The Bertz CT molecular complexity index is 312. The summed E-state index contributed by atoms with van der Waals surface area (Å²) in [7, 11) is 0. The van der Waals surface area contributed by atoms with E-state index in [-0.39, 0.29) is 25.2 Å². The second-order valence-corrected chi connectivity index (χ2v) is 5.21. The molecule has 0 aromatic heterocycles. The van der Waals surface area contributed by atoms with Crippen LogP contribution in [0.5, 0.6) is 0 Å². The molecule has 0 radical (unpaired) electrons. The molecule has 2 heterocycles. The first-order valence-electron chi connectivity index (χ1n) is 7.16. The highest BCUT2D eigenvalue weighted by Crippen LogP contribution is 2.13. The smallest absolute Gasteiger partial charge is 0.251 e. The van der Waals surface area contributed by atoms with Crippen molar-refractivity contribution in [3.8, 4) is 0 Å². The molecule has 0 aromatic carbocycles. The molecule has 2 saturated heterocycles. The lowest BCUT2D eigenvalue weighted by Gasteiger charge is -2.34. The molecule has 116 valence electrons. The van der Waals surface area contributed by atoms with Gasteiger partial charge in [-0.2, -0.15) is 0 Å². The number of amides is 1. The number of nitrogens with zero attached hydrogens (tertiary/aromatic N) is 1. The summed E-state index contributed by atoms with van der Waals surface area (Å²) in [6, 6.07) is -0.624. The zero-order valence-corrected chi connectivity index (χ0v) is 11.5. The van der Waals surface area contributed by atoms with E-state index in [0.29, 0.717) is 19.7 Å². The quantitative estimate of drug-likeness (QED) is 0.808. The molecule has 2 atom stereocenters. The van der Waals surface area contributed by atoms with Crippen molar-refractivity contribution < 1.29 is 23.0 Å². The van der Waals surface area contributed by atoms with Crippen molar-refractivity contribution in [2.24, 2.45) is 0 Å². The fourth-order valence-electron chi connectivity index (χ4n) is 2.58. The number of halogens is 2. The minimum atomic E-state index is -2.44. The van der Waals surface area contributed by atoms with Crippen LogP contribution in [0.2, 0.25) is 0 Å². The minimum absolute atomic E-state index is 0.0424. The van der Waals surface area contributed by atoms with Crippen LogP contribution in [0.25, 0.3) is 0 Å². The maximum absolute atomic E-state index is 12.5. The van der Waals surface area contributed by atoms with Crippen molar-refractivity contribution in [1.82, 2.24) is 10.2 Å². The van der Waals surface area contributed by atoms with E-state index in [9.17, 15) is 13.6 Å². The average molecular weight is 292 g/mol. The predicted octanol–water partition coefficient (Wildman–Crippen LogP) is 0.638. The minimum Gasteiger partial charge on any atom is -0.378 e. The van der Waals surface area contributed by atoms with E-state index in [2.05, 4.69) is 5.32 Å². The van der Waals surface area contributed by atoms with E-state index in [4.69, 9.17) is 9.47 Å². The summed E-state index contributed by atoms with van der Waals surface area (Å²) in [5.41, 5.74) is 0. The first-order valence-corrected chi connectivity index (χ1v) is 7.16. The predicted molar refractivity (Wildman–Crippen MR) is 68.8 cm³/mol. The number of hydrogen-bond donors (Lipinski definition) is 1. The molecule has 1 amide bonds. The number of nitrogens with one attached hydrogen (secondary N) is 1. The fraction of sp³-hybridized carbons (Fsp3) is 0.923. The molecule has 20 heavy (non-hydrogen) atoms. The number of carbonyl (C=O) groups is 1. The lowest BCUT2D eigenvalue weighted by Crippen LogP contribution is -2.55. The third kappa shape index (κ3) is 4.64. The highest BCUT2D eigenvalue weighted by atomic mass is 19.3. The van der Waals surface area contributed by atoms with Gasteiger partial charge in [-0.15, -0.1) is 0 Å². The van der Waals surface area contributed by atoms with Crippen molar-refractivity contribution in [3.05, 3.63) is 0 Å². The van der Waals surface area contributed by atoms with Crippen LogP contribution in [-0.4, -0.2) is 68.8 Å². The van der Waals surface area contributed by atoms with Gasteiger partial charge in [0.2, 0.25) is 5.91 Å². The number of carbonyl (C=O) groups excluding carboxylic acids is 1. The highest BCUT2D eigenvalue weighted by Gasteiger charge is 2.31. The van der Waals surface area contributed by atoms with Crippen molar-refractivity contribution in [3.63, 3.8) is 0 Å². The summed E-state index contributed by atoms with van der Waals surface area (Å²) >= 11 is 0. The molecule has 7 heteroatoms. The van der Waals surface area contributed by atoms with Gasteiger partial charge >= 0.3 is 0 Å². The van der Waals surface area contributed by atoms with Gasteiger partial charge in [0.05, 0.1) is 25.9 Å². The molecule has 1 N–H and O–H groups in total. The number of hydrogen-bond acceptors (Lipinski definition) is 4. The van der Waals surface area contributed by atoms with Crippen LogP contribution in [0.3, 0.4) is 0 Å². The fourth-order valence-corrected chi connectivity index (χ4v) is 2.58. The summed E-state index contributed by atoms with van der Waals surface area (Å²) in [5, 5.41) is 2.79. The standard InChI is InChI=1S/C13H22F2N2O3/c14-12(15)8-17-4-6-19-9-11(17)13(18)16-7-10-3-1-2-5-20-10/h10-12H,1-9H2,(H,16,18)/t10-,11-/m0/s1. The molecule has 2 fully saturated rings.